The second kappa shape index (κ2) is 6.70. The highest BCUT2D eigenvalue weighted by Crippen LogP contribution is 2.28. The van der Waals surface area contributed by atoms with Crippen molar-refractivity contribution in [2.75, 3.05) is 25.0 Å². The predicted octanol–water partition coefficient (Wildman–Crippen LogP) is 2.95. The zero-order chi connectivity index (χ0) is 15.3. The molecular formula is C16H24N2O3. The van der Waals surface area contributed by atoms with Gasteiger partial charge in [-0.05, 0) is 51.3 Å². The molecule has 2 rings (SSSR count). The SMILES string of the molecule is CC(C)(C)OC(=O)NCCCc1ccc2c(c1)NCCO2. The van der Waals surface area contributed by atoms with Crippen molar-refractivity contribution in [3.63, 3.8) is 0 Å². The first-order chi connectivity index (χ1) is 9.94. The topological polar surface area (TPSA) is 59.6 Å². The lowest BCUT2D eigenvalue weighted by molar-refractivity contribution is 0.0527. The van der Waals surface area contributed by atoms with Crippen LogP contribution >= 0.6 is 0 Å². The number of hydrogen-bond acceptors (Lipinski definition) is 4. The number of rotatable bonds is 4. The molecule has 0 fully saturated rings. The van der Waals surface area contributed by atoms with Gasteiger partial charge in [0.2, 0.25) is 0 Å². The van der Waals surface area contributed by atoms with Gasteiger partial charge in [0.25, 0.3) is 0 Å². The van der Waals surface area contributed by atoms with Crippen LogP contribution in [0.2, 0.25) is 0 Å². The molecule has 1 aliphatic rings. The highest BCUT2D eigenvalue weighted by atomic mass is 16.6. The minimum absolute atomic E-state index is 0.358. The van der Waals surface area contributed by atoms with Crippen LogP contribution in [0.5, 0.6) is 5.75 Å². The Morgan fingerprint density at radius 1 is 1.43 bits per heavy atom. The summed E-state index contributed by atoms with van der Waals surface area (Å²) in [5.74, 6) is 0.914. The lowest BCUT2D eigenvalue weighted by atomic mass is 10.1. The number of benzene rings is 1. The summed E-state index contributed by atoms with van der Waals surface area (Å²) < 4.78 is 10.7. The number of carbonyl (C=O) groups is 1. The average Bonchev–Trinajstić information content (AvgIpc) is 2.41. The number of alkyl carbamates (subject to hydrolysis) is 1. The third kappa shape index (κ3) is 5.17. The van der Waals surface area contributed by atoms with Gasteiger partial charge in [0.1, 0.15) is 18.0 Å². The van der Waals surface area contributed by atoms with Gasteiger partial charge in [0.15, 0.2) is 0 Å². The standard InChI is InChI=1S/C16H24N2O3/c1-16(2,3)21-15(19)18-8-4-5-12-6-7-14-13(11-12)17-9-10-20-14/h6-7,11,17H,4-5,8-10H2,1-3H3,(H,18,19). The van der Waals surface area contributed by atoms with Crippen molar-refractivity contribution < 1.29 is 14.3 Å². The van der Waals surface area contributed by atoms with Gasteiger partial charge in [-0.1, -0.05) is 6.07 Å². The van der Waals surface area contributed by atoms with Crippen LogP contribution in [0.1, 0.15) is 32.8 Å². The number of carbonyl (C=O) groups excluding carboxylic acids is 1. The second-order valence-electron chi connectivity index (χ2n) is 6.14. The van der Waals surface area contributed by atoms with E-state index in [1.54, 1.807) is 0 Å². The van der Waals surface area contributed by atoms with Gasteiger partial charge in [-0.15, -0.1) is 0 Å². The first kappa shape index (κ1) is 15.5. The van der Waals surface area contributed by atoms with Gasteiger partial charge in [-0.25, -0.2) is 4.79 Å². The second-order valence-corrected chi connectivity index (χ2v) is 6.14. The van der Waals surface area contributed by atoms with E-state index in [-0.39, 0.29) is 6.09 Å². The number of fused-ring (bicyclic) bond motifs is 1. The van der Waals surface area contributed by atoms with Crippen molar-refractivity contribution in [1.29, 1.82) is 0 Å². The van der Waals surface area contributed by atoms with Crippen LogP contribution in [0.3, 0.4) is 0 Å². The van der Waals surface area contributed by atoms with Gasteiger partial charge in [-0.2, -0.15) is 0 Å². The number of anilines is 1. The van der Waals surface area contributed by atoms with Crippen molar-refractivity contribution in [3.05, 3.63) is 23.8 Å². The molecular weight excluding hydrogens is 268 g/mol. The Bertz CT molecular complexity index is 495. The van der Waals surface area contributed by atoms with Gasteiger partial charge in [0.05, 0.1) is 5.69 Å². The van der Waals surface area contributed by atoms with Crippen molar-refractivity contribution in [3.8, 4) is 5.75 Å². The monoisotopic (exact) mass is 292 g/mol. The molecule has 0 bridgehead atoms. The van der Waals surface area contributed by atoms with Crippen LogP contribution in [0.15, 0.2) is 18.2 Å². The van der Waals surface area contributed by atoms with E-state index in [2.05, 4.69) is 22.8 Å². The van der Waals surface area contributed by atoms with E-state index in [9.17, 15) is 4.79 Å². The minimum atomic E-state index is -0.450. The zero-order valence-corrected chi connectivity index (χ0v) is 13.0. The van der Waals surface area contributed by atoms with Gasteiger partial charge < -0.3 is 20.1 Å². The van der Waals surface area contributed by atoms with Crippen LogP contribution in [0.25, 0.3) is 0 Å². The maximum atomic E-state index is 11.5. The molecule has 0 spiro atoms. The first-order valence-corrected chi connectivity index (χ1v) is 7.40. The zero-order valence-electron chi connectivity index (χ0n) is 13.0. The molecule has 5 nitrogen and oxygen atoms in total. The van der Waals surface area contributed by atoms with E-state index in [1.807, 2.05) is 26.8 Å². The maximum Gasteiger partial charge on any atom is 0.407 e. The Balaban J connectivity index is 1.73. The van der Waals surface area contributed by atoms with Crippen LogP contribution in [0.4, 0.5) is 10.5 Å². The molecule has 1 aromatic carbocycles. The fourth-order valence-corrected chi connectivity index (χ4v) is 2.14. The molecule has 2 N–H and O–H groups in total. The van der Waals surface area contributed by atoms with Crippen molar-refractivity contribution in [2.24, 2.45) is 0 Å². The summed E-state index contributed by atoms with van der Waals surface area (Å²) in [6.07, 6.45) is 1.42. The molecule has 0 unspecified atom stereocenters. The number of nitrogens with one attached hydrogen (secondary N) is 2. The number of hydrogen-bond donors (Lipinski definition) is 2. The Kier molecular flexibility index (Phi) is 4.94. The molecule has 1 amide bonds. The highest BCUT2D eigenvalue weighted by Gasteiger charge is 2.15. The molecule has 0 atom stereocenters. The average molecular weight is 292 g/mol. The van der Waals surface area contributed by atoms with E-state index in [4.69, 9.17) is 9.47 Å². The van der Waals surface area contributed by atoms with Crippen LogP contribution in [0, 0.1) is 0 Å². The summed E-state index contributed by atoms with van der Waals surface area (Å²) in [6.45, 7) is 7.73. The van der Waals surface area contributed by atoms with Crippen LogP contribution in [-0.2, 0) is 11.2 Å². The molecule has 116 valence electrons. The Morgan fingerprint density at radius 3 is 3.00 bits per heavy atom. The summed E-state index contributed by atoms with van der Waals surface area (Å²) >= 11 is 0. The van der Waals surface area contributed by atoms with E-state index >= 15 is 0 Å². The number of aryl methyl sites for hydroxylation is 1. The Hall–Kier alpha value is -1.91. The van der Waals surface area contributed by atoms with Gasteiger partial charge in [0, 0.05) is 13.1 Å². The van der Waals surface area contributed by atoms with Crippen molar-refractivity contribution >= 4 is 11.8 Å². The molecule has 1 aliphatic heterocycles. The summed E-state index contributed by atoms with van der Waals surface area (Å²) in [7, 11) is 0. The largest absolute Gasteiger partial charge is 0.490 e. The molecule has 0 aliphatic carbocycles. The Morgan fingerprint density at radius 2 is 2.24 bits per heavy atom. The van der Waals surface area contributed by atoms with E-state index < -0.39 is 5.60 Å². The highest BCUT2D eigenvalue weighted by molar-refractivity contribution is 5.67. The normalized spacial score (nSPS) is 13.7. The molecule has 0 aromatic heterocycles. The molecule has 5 heteroatoms. The summed E-state index contributed by atoms with van der Waals surface area (Å²) in [5.41, 5.74) is 1.84. The van der Waals surface area contributed by atoms with Crippen LogP contribution < -0.4 is 15.4 Å². The maximum absolute atomic E-state index is 11.5. The first-order valence-electron chi connectivity index (χ1n) is 7.40. The fraction of sp³-hybridized carbons (Fsp3) is 0.562. The fourth-order valence-electron chi connectivity index (χ4n) is 2.14. The van der Waals surface area contributed by atoms with Crippen LogP contribution in [-0.4, -0.2) is 31.4 Å². The van der Waals surface area contributed by atoms with E-state index in [1.165, 1.54) is 5.56 Å². The molecule has 1 aromatic rings. The summed E-state index contributed by atoms with van der Waals surface area (Å²) in [5, 5.41) is 6.09. The number of amides is 1. The molecule has 1 heterocycles. The Labute approximate surface area is 126 Å². The van der Waals surface area contributed by atoms with Crippen molar-refractivity contribution in [1.82, 2.24) is 5.32 Å². The third-order valence-electron chi connectivity index (χ3n) is 3.03. The van der Waals surface area contributed by atoms with E-state index in [0.29, 0.717) is 13.2 Å². The van der Waals surface area contributed by atoms with Crippen molar-refractivity contribution in [2.45, 2.75) is 39.2 Å². The summed E-state index contributed by atoms with van der Waals surface area (Å²) in [4.78, 5) is 11.5. The third-order valence-corrected chi connectivity index (χ3v) is 3.03. The quantitative estimate of drug-likeness (QED) is 0.838. The van der Waals surface area contributed by atoms with Gasteiger partial charge >= 0.3 is 6.09 Å². The minimum Gasteiger partial charge on any atom is -0.490 e. The predicted molar refractivity (Wildman–Crippen MR) is 83.0 cm³/mol. The number of ether oxygens (including phenoxy) is 2. The lowest BCUT2D eigenvalue weighted by Gasteiger charge is -2.20. The molecule has 0 saturated heterocycles. The smallest absolute Gasteiger partial charge is 0.407 e. The molecule has 21 heavy (non-hydrogen) atoms. The molecule has 0 radical (unpaired) electrons. The van der Waals surface area contributed by atoms with E-state index in [0.717, 1.165) is 30.8 Å². The lowest BCUT2D eigenvalue weighted by Crippen LogP contribution is -2.33. The molecule has 0 saturated carbocycles. The summed E-state index contributed by atoms with van der Waals surface area (Å²) in [6, 6.07) is 6.18. The van der Waals surface area contributed by atoms with Gasteiger partial charge in [-0.3, -0.25) is 0 Å².